The molecule has 3 heterocycles. The summed E-state index contributed by atoms with van der Waals surface area (Å²) in [6.45, 7) is 4.53. The Morgan fingerprint density at radius 3 is 2.17 bits per heavy atom. The normalized spacial score (nSPS) is 13.4. The lowest BCUT2D eigenvalue weighted by molar-refractivity contribution is 0.657. The number of benzene rings is 4. The Hall–Kier alpha value is -4.67. The molecule has 7 aromatic rings. The lowest BCUT2D eigenvalue weighted by Crippen LogP contribution is -2.17. The van der Waals surface area contributed by atoms with Gasteiger partial charge in [0.1, 0.15) is 0 Å². The molecular weight excluding hydrogens is 506 g/mol. The van der Waals surface area contributed by atoms with E-state index in [4.69, 9.17) is 15.0 Å². The summed E-state index contributed by atoms with van der Waals surface area (Å²) < 4.78 is 2.61. The van der Waals surface area contributed by atoms with Crippen molar-refractivity contribution >= 4 is 31.5 Å². The fourth-order valence-electron chi connectivity index (χ4n) is 6.13. The molecule has 8 rings (SSSR count). The number of rotatable bonds is 3. The van der Waals surface area contributed by atoms with E-state index in [0.29, 0.717) is 0 Å². The summed E-state index contributed by atoms with van der Waals surface area (Å²) in [4.78, 5) is 15.3. The van der Waals surface area contributed by atoms with E-state index in [1.165, 1.54) is 36.9 Å². The van der Waals surface area contributed by atoms with Crippen LogP contribution in [0.3, 0.4) is 0 Å². The third-order valence-corrected chi connectivity index (χ3v) is 9.27. The highest BCUT2D eigenvalue weighted by atomic mass is 32.1. The molecule has 0 spiro atoms. The summed E-state index contributed by atoms with van der Waals surface area (Å²) in [7, 11) is 0. The van der Waals surface area contributed by atoms with Gasteiger partial charge in [-0.05, 0) is 29.3 Å². The van der Waals surface area contributed by atoms with Gasteiger partial charge in [0.15, 0.2) is 5.82 Å². The fraction of sp³-hybridized carbons (Fsp3) is 0.0833. The first kappa shape index (κ1) is 23.2. The van der Waals surface area contributed by atoms with Crippen molar-refractivity contribution in [2.75, 3.05) is 0 Å². The minimum absolute atomic E-state index is 0.233. The Labute approximate surface area is 236 Å². The molecule has 1 aliphatic rings. The van der Waals surface area contributed by atoms with Gasteiger partial charge in [0, 0.05) is 54.0 Å². The number of aromatic nitrogens is 3. The zero-order valence-corrected chi connectivity index (χ0v) is 23.0. The predicted octanol–water partition coefficient (Wildman–Crippen LogP) is 9.55. The molecule has 0 unspecified atom stereocenters. The van der Waals surface area contributed by atoms with Crippen LogP contribution in [0.2, 0.25) is 0 Å². The van der Waals surface area contributed by atoms with Crippen LogP contribution < -0.4 is 0 Å². The zero-order chi connectivity index (χ0) is 26.8. The Bertz CT molecular complexity index is 2070. The second-order valence-electron chi connectivity index (χ2n) is 10.9. The molecule has 0 atom stereocenters. The lowest BCUT2D eigenvalue weighted by Gasteiger charge is -2.23. The molecule has 0 amide bonds. The number of hydrogen-bond acceptors (Lipinski definition) is 4. The van der Waals surface area contributed by atoms with Gasteiger partial charge in [0.2, 0.25) is 0 Å². The minimum atomic E-state index is -0.233. The number of nitrogens with zero attached hydrogens (tertiary/aromatic N) is 3. The molecule has 0 aliphatic heterocycles. The van der Waals surface area contributed by atoms with Crippen molar-refractivity contribution in [1.29, 1.82) is 0 Å². The molecule has 0 saturated carbocycles. The van der Waals surface area contributed by atoms with Gasteiger partial charge in [0.25, 0.3) is 0 Å². The van der Waals surface area contributed by atoms with Gasteiger partial charge in [0.05, 0.1) is 17.1 Å². The van der Waals surface area contributed by atoms with Crippen molar-refractivity contribution < 1.29 is 0 Å². The van der Waals surface area contributed by atoms with E-state index in [1.54, 1.807) is 0 Å². The molecule has 3 aromatic heterocycles. The Morgan fingerprint density at radius 2 is 1.32 bits per heavy atom. The summed E-state index contributed by atoms with van der Waals surface area (Å²) >= 11 is 1.84. The fourth-order valence-corrected chi connectivity index (χ4v) is 7.27. The average molecular weight is 532 g/mol. The van der Waals surface area contributed by atoms with Gasteiger partial charge in [-0.2, -0.15) is 0 Å². The SMILES string of the molecule is CC1(C)c2ccccc2-c2nc(-c3ccccc3)nc(-c3ccc(-c4ccc5c(c4)sc4ccccc45)cn3)c21. The minimum Gasteiger partial charge on any atom is -0.254 e. The van der Waals surface area contributed by atoms with Crippen molar-refractivity contribution in [3.63, 3.8) is 0 Å². The largest absolute Gasteiger partial charge is 0.254 e. The molecule has 190 valence electrons. The Balaban J connectivity index is 1.27. The van der Waals surface area contributed by atoms with Gasteiger partial charge < -0.3 is 0 Å². The van der Waals surface area contributed by atoms with Gasteiger partial charge in [-0.15, -0.1) is 11.3 Å². The van der Waals surface area contributed by atoms with Crippen LogP contribution in [0.5, 0.6) is 0 Å². The summed E-state index contributed by atoms with van der Waals surface area (Å²) in [5, 5.41) is 2.62. The molecule has 4 aromatic carbocycles. The second kappa shape index (κ2) is 8.67. The first-order valence-corrected chi connectivity index (χ1v) is 14.4. The molecule has 0 fully saturated rings. The number of hydrogen-bond donors (Lipinski definition) is 0. The summed E-state index contributed by atoms with van der Waals surface area (Å²) in [5.74, 6) is 0.725. The maximum absolute atomic E-state index is 5.16. The van der Waals surface area contributed by atoms with Gasteiger partial charge in [-0.25, -0.2) is 9.97 Å². The van der Waals surface area contributed by atoms with Crippen LogP contribution in [-0.2, 0) is 5.41 Å². The maximum atomic E-state index is 5.16. The van der Waals surface area contributed by atoms with Crippen LogP contribution in [0.4, 0.5) is 0 Å². The third kappa shape index (κ3) is 3.46. The number of fused-ring (bicyclic) bond motifs is 6. The maximum Gasteiger partial charge on any atom is 0.160 e. The van der Waals surface area contributed by atoms with E-state index in [1.807, 2.05) is 35.7 Å². The van der Waals surface area contributed by atoms with Crippen LogP contribution in [-0.4, -0.2) is 15.0 Å². The predicted molar refractivity (Wildman–Crippen MR) is 167 cm³/mol. The van der Waals surface area contributed by atoms with Crippen molar-refractivity contribution in [3.8, 4) is 45.2 Å². The van der Waals surface area contributed by atoms with Gasteiger partial charge in [-0.3, -0.25) is 4.98 Å². The number of thiophene rings is 1. The van der Waals surface area contributed by atoms with Crippen molar-refractivity contribution in [2.24, 2.45) is 0 Å². The smallest absolute Gasteiger partial charge is 0.160 e. The molecule has 4 heteroatoms. The summed E-state index contributed by atoms with van der Waals surface area (Å²) in [6, 6.07) is 38.4. The van der Waals surface area contributed by atoms with E-state index in [2.05, 4.69) is 105 Å². The van der Waals surface area contributed by atoms with Gasteiger partial charge >= 0.3 is 0 Å². The standard InChI is InChI=1S/C36H25N3S/c1-36(2)28-14-8-6-13-27(28)33-32(36)34(39-35(38-33)22-10-4-3-5-11-22)29-19-17-24(21-37-29)23-16-18-26-25-12-7-9-15-30(25)40-31(26)20-23/h3-21H,1-2H3. The molecule has 0 bridgehead atoms. The monoisotopic (exact) mass is 531 g/mol. The average Bonchev–Trinajstić information content (AvgIpc) is 3.49. The van der Waals surface area contributed by atoms with E-state index >= 15 is 0 Å². The van der Waals surface area contributed by atoms with Crippen LogP contribution in [0.15, 0.2) is 115 Å². The third-order valence-electron chi connectivity index (χ3n) is 8.14. The quantitative estimate of drug-likeness (QED) is 0.228. The van der Waals surface area contributed by atoms with E-state index in [9.17, 15) is 0 Å². The highest BCUT2D eigenvalue weighted by molar-refractivity contribution is 7.25. The van der Waals surface area contributed by atoms with Gasteiger partial charge in [-0.1, -0.05) is 105 Å². The van der Waals surface area contributed by atoms with Crippen LogP contribution in [0.25, 0.3) is 65.3 Å². The second-order valence-corrected chi connectivity index (χ2v) is 12.0. The summed E-state index contributed by atoms with van der Waals surface area (Å²) in [6.07, 6.45) is 1.98. The first-order valence-electron chi connectivity index (χ1n) is 13.5. The van der Waals surface area contributed by atoms with E-state index in [0.717, 1.165) is 39.6 Å². The van der Waals surface area contributed by atoms with Crippen molar-refractivity contribution in [3.05, 3.63) is 127 Å². The highest BCUT2D eigenvalue weighted by Gasteiger charge is 2.40. The number of pyridine rings is 1. The zero-order valence-electron chi connectivity index (χ0n) is 22.2. The highest BCUT2D eigenvalue weighted by Crippen LogP contribution is 2.51. The van der Waals surface area contributed by atoms with E-state index < -0.39 is 0 Å². The first-order chi connectivity index (χ1) is 19.6. The molecule has 0 radical (unpaired) electrons. The lowest BCUT2D eigenvalue weighted by atomic mass is 9.81. The Morgan fingerprint density at radius 1 is 0.600 bits per heavy atom. The molecule has 0 saturated heterocycles. The van der Waals surface area contributed by atoms with Crippen molar-refractivity contribution in [2.45, 2.75) is 19.3 Å². The van der Waals surface area contributed by atoms with Crippen LogP contribution in [0.1, 0.15) is 25.0 Å². The molecular formula is C36H25N3S. The molecule has 1 aliphatic carbocycles. The molecule has 0 N–H and O–H groups in total. The van der Waals surface area contributed by atoms with Crippen LogP contribution >= 0.6 is 11.3 Å². The summed E-state index contributed by atoms with van der Waals surface area (Å²) in [5.41, 5.74) is 9.40. The molecule has 3 nitrogen and oxygen atoms in total. The molecule has 40 heavy (non-hydrogen) atoms. The Kier molecular flexibility index (Phi) is 5.04. The van der Waals surface area contributed by atoms with Crippen LogP contribution in [0, 0.1) is 0 Å². The van der Waals surface area contributed by atoms with Crippen molar-refractivity contribution in [1.82, 2.24) is 15.0 Å². The van der Waals surface area contributed by atoms with E-state index in [-0.39, 0.29) is 5.41 Å². The topological polar surface area (TPSA) is 38.7 Å².